The third kappa shape index (κ3) is 6.22. The molecule has 3 N–H and O–H groups in total. The smallest absolute Gasteiger partial charge is 0.235 e. The molecule has 240 valence electrons. The number of carbonyl (C=O) groups is 3. The zero-order valence-electron chi connectivity index (χ0n) is 26.5. The van der Waals surface area contributed by atoms with Gasteiger partial charge in [0.15, 0.2) is 0 Å². The van der Waals surface area contributed by atoms with Gasteiger partial charge in [-0.25, -0.2) is 0 Å². The SMILES string of the molecule is COc1ccccc1NC(=O)C1C(=O)CC(C)(O)C(C(=O)Nc2ccccc2OC)C1c1cn(Cc2ccccc2)c2ccccc12. The van der Waals surface area contributed by atoms with Gasteiger partial charge in [-0.3, -0.25) is 14.4 Å². The number of methoxy groups -OCH3 is 2. The fourth-order valence-electron chi connectivity index (χ4n) is 6.83. The van der Waals surface area contributed by atoms with Gasteiger partial charge in [0, 0.05) is 36.0 Å². The molecule has 4 unspecified atom stereocenters. The number of aromatic nitrogens is 1. The van der Waals surface area contributed by atoms with Crippen LogP contribution in [0.1, 0.15) is 30.4 Å². The first kappa shape index (κ1) is 31.6. The van der Waals surface area contributed by atoms with Crippen molar-refractivity contribution in [1.82, 2.24) is 4.57 Å². The fourth-order valence-corrected chi connectivity index (χ4v) is 6.83. The van der Waals surface area contributed by atoms with Crippen LogP contribution in [0.5, 0.6) is 11.5 Å². The lowest BCUT2D eigenvalue weighted by atomic mass is 9.61. The molecule has 0 spiro atoms. The highest BCUT2D eigenvalue weighted by atomic mass is 16.5. The number of benzene rings is 4. The molecule has 0 radical (unpaired) electrons. The Bertz CT molecular complexity index is 1930. The molecule has 4 aromatic carbocycles. The molecule has 0 saturated heterocycles. The highest BCUT2D eigenvalue weighted by molar-refractivity contribution is 6.11. The number of para-hydroxylation sites is 5. The van der Waals surface area contributed by atoms with Gasteiger partial charge in [0.1, 0.15) is 23.2 Å². The summed E-state index contributed by atoms with van der Waals surface area (Å²) in [5, 5.41) is 18.5. The number of carbonyl (C=O) groups excluding carboxylic acids is 3. The van der Waals surface area contributed by atoms with E-state index in [9.17, 15) is 19.5 Å². The van der Waals surface area contributed by atoms with Gasteiger partial charge < -0.3 is 29.8 Å². The van der Waals surface area contributed by atoms with Gasteiger partial charge in [0.2, 0.25) is 11.8 Å². The summed E-state index contributed by atoms with van der Waals surface area (Å²) in [6, 6.07) is 31.5. The number of hydrogen-bond donors (Lipinski definition) is 3. The lowest BCUT2D eigenvalue weighted by molar-refractivity contribution is -0.150. The Hall–Kier alpha value is -5.41. The van der Waals surface area contributed by atoms with Crippen molar-refractivity contribution in [1.29, 1.82) is 0 Å². The molecule has 2 amide bonds. The molecule has 9 heteroatoms. The van der Waals surface area contributed by atoms with Crippen LogP contribution in [0.4, 0.5) is 11.4 Å². The van der Waals surface area contributed by atoms with Crippen LogP contribution in [-0.2, 0) is 20.9 Å². The molecule has 0 aliphatic heterocycles. The maximum Gasteiger partial charge on any atom is 0.235 e. The van der Waals surface area contributed by atoms with Gasteiger partial charge in [0.05, 0.1) is 37.1 Å². The molecule has 0 bridgehead atoms. The Balaban J connectivity index is 1.51. The minimum atomic E-state index is -1.78. The molecule has 9 nitrogen and oxygen atoms in total. The Morgan fingerprint density at radius 2 is 1.36 bits per heavy atom. The Morgan fingerprint density at radius 1 is 0.809 bits per heavy atom. The van der Waals surface area contributed by atoms with Crippen molar-refractivity contribution in [2.45, 2.75) is 31.4 Å². The Morgan fingerprint density at radius 3 is 2.00 bits per heavy atom. The number of nitrogens with one attached hydrogen (secondary N) is 2. The van der Waals surface area contributed by atoms with Gasteiger partial charge in [-0.05, 0) is 48.4 Å². The average molecular weight is 632 g/mol. The summed E-state index contributed by atoms with van der Waals surface area (Å²) in [4.78, 5) is 42.7. The van der Waals surface area contributed by atoms with Gasteiger partial charge in [-0.15, -0.1) is 0 Å². The van der Waals surface area contributed by atoms with Crippen molar-refractivity contribution >= 4 is 39.9 Å². The van der Waals surface area contributed by atoms with Crippen molar-refractivity contribution in [3.8, 4) is 11.5 Å². The van der Waals surface area contributed by atoms with Crippen LogP contribution in [0.3, 0.4) is 0 Å². The van der Waals surface area contributed by atoms with E-state index in [-0.39, 0.29) is 6.42 Å². The maximum atomic E-state index is 14.4. The van der Waals surface area contributed by atoms with Crippen LogP contribution in [0.15, 0.2) is 109 Å². The lowest BCUT2D eigenvalue weighted by Crippen LogP contribution is -2.56. The number of aliphatic hydroxyl groups is 1. The number of hydrogen-bond acceptors (Lipinski definition) is 6. The second-order valence-electron chi connectivity index (χ2n) is 12.1. The second kappa shape index (κ2) is 13.1. The van der Waals surface area contributed by atoms with Gasteiger partial charge in [-0.1, -0.05) is 72.8 Å². The molecule has 1 aromatic heterocycles. The fraction of sp³-hybridized carbons (Fsp3) is 0.237. The number of nitrogens with zero attached hydrogens (tertiary/aromatic N) is 1. The number of ketones is 1. The van der Waals surface area contributed by atoms with Gasteiger partial charge in [-0.2, -0.15) is 0 Å². The summed E-state index contributed by atoms with van der Waals surface area (Å²) in [7, 11) is 3.00. The predicted molar refractivity (Wildman–Crippen MR) is 181 cm³/mol. The first-order chi connectivity index (χ1) is 22.7. The summed E-state index contributed by atoms with van der Waals surface area (Å²) >= 11 is 0. The molecule has 5 aromatic rings. The third-order valence-corrected chi connectivity index (χ3v) is 8.94. The normalized spacial score (nSPS) is 20.9. The number of fused-ring (bicyclic) bond motifs is 1. The minimum absolute atomic E-state index is 0.389. The number of Topliss-reactive ketones (excluding diaryl/α,β-unsaturated/α-hetero) is 1. The number of ether oxygens (including phenoxy) is 2. The molecule has 1 aliphatic rings. The van der Waals surface area contributed by atoms with E-state index in [0.717, 1.165) is 16.5 Å². The van der Waals surface area contributed by atoms with E-state index in [2.05, 4.69) is 15.2 Å². The number of rotatable bonds is 9. The molecule has 4 atom stereocenters. The Kier molecular flexibility index (Phi) is 8.82. The topological polar surface area (TPSA) is 119 Å². The van der Waals surface area contributed by atoms with E-state index in [1.807, 2.05) is 60.8 Å². The predicted octanol–water partition coefficient (Wildman–Crippen LogP) is 6.02. The number of amides is 2. The first-order valence-electron chi connectivity index (χ1n) is 15.5. The largest absolute Gasteiger partial charge is 0.495 e. The van der Waals surface area contributed by atoms with Crippen molar-refractivity contribution in [2.24, 2.45) is 11.8 Å². The Labute approximate surface area is 273 Å². The maximum absolute atomic E-state index is 14.4. The van der Waals surface area contributed by atoms with Crippen LogP contribution in [0, 0.1) is 11.8 Å². The van der Waals surface area contributed by atoms with Crippen LogP contribution in [-0.4, -0.2) is 47.1 Å². The quantitative estimate of drug-likeness (QED) is 0.171. The highest BCUT2D eigenvalue weighted by Gasteiger charge is 2.56. The van der Waals surface area contributed by atoms with E-state index in [4.69, 9.17) is 9.47 Å². The monoisotopic (exact) mass is 631 g/mol. The standard InChI is InChI=1S/C38H37N3O6/c1-38(45)21-30(42)34(36(43)39-27-16-8-11-19-31(27)46-2)33(35(38)37(44)40-28-17-9-12-20-32(28)47-3)26-23-41(22-24-13-5-4-6-14-24)29-18-10-7-15-25(26)29/h4-20,23,33-35,45H,21-22H2,1-3H3,(H,39,43)(H,40,44). The second-order valence-corrected chi connectivity index (χ2v) is 12.1. The molecular weight excluding hydrogens is 594 g/mol. The summed E-state index contributed by atoms with van der Waals surface area (Å²) in [6.07, 6.45) is 1.52. The van der Waals surface area contributed by atoms with Crippen molar-refractivity contribution in [2.75, 3.05) is 24.9 Å². The zero-order valence-corrected chi connectivity index (χ0v) is 26.5. The van der Waals surface area contributed by atoms with Crippen molar-refractivity contribution in [3.05, 3.63) is 120 Å². The van der Waals surface area contributed by atoms with Crippen molar-refractivity contribution < 1.29 is 29.0 Å². The summed E-state index contributed by atoms with van der Waals surface area (Å²) in [5.41, 5.74) is 1.57. The van der Waals surface area contributed by atoms with Crippen molar-refractivity contribution in [3.63, 3.8) is 0 Å². The van der Waals surface area contributed by atoms with E-state index in [1.165, 1.54) is 21.1 Å². The van der Waals surface area contributed by atoms with Gasteiger partial charge in [0.25, 0.3) is 0 Å². The summed E-state index contributed by atoms with van der Waals surface area (Å²) in [5.74, 6) is -4.25. The zero-order chi connectivity index (χ0) is 33.1. The molecule has 6 rings (SSSR count). The molecule has 47 heavy (non-hydrogen) atoms. The van der Waals surface area contributed by atoms with E-state index >= 15 is 0 Å². The minimum Gasteiger partial charge on any atom is -0.495 e. The summed E-state index contributed by atoms with van der Waals surface area (Å²) < 4.78 is 13.0. The van der Waals surface area contributed by atoms with Crippen LogP contribution < -0.4 is 20.1 Å². The van der Waals surface area contributed by atoms with E-state index in [0.29, 0.717) is 35.0 Å². The highest BCUT2D eigenvalue weighted by Crippen LogP contribution is 2.49. The first-order valence-corrected chi connectivity index (χ1v) is 15.5. The molecule has 1 fully saturated rings. The molecule has 1 saturated carbocycles. The third-order valence-electron chi connectivity index (χ3n) is 8.94. The average Bonchev–Trinajstić information content (AvgIpc) is 3.42. The molecule has 1 heterocycles. The lowest BCUT2D eigenvalue weighted by Gasteiger charge is -2.44. The van der Waals surface area contributed by atoms with Crippen LogP contribution in [0.25, 0.3) is 10.9 Å². The van der Waals surface area contributed by atoms with E-state index in [1.54, 1.807) is 48.5 Å². The molecular formula is C38H37N3O6. The van der Waals surface area contributed by atoms with Gasteiger partial charge >= 0.3 is 0 Å². The van der Waals surface area contributed by atoms with Crippen LogP contribution >= 0.6 is 0 Å². The molecule has 1 aliphatic carbocycles. The number of anilines is 2. The van der Waals surface area contributed by atoms with E-state index < -0.39 is 41.0 Å². The van der Waals surface area contributed by atoms with Crippen LogP contribution in [0.2, 0.25) is 0 Å². The summed E-state index contributed by atoms with van der Waals surface area (Å²) in [6.45, 7) is 2.01.